The summed E-state index contributed by atoms with van der Waals surface area (Å²) >= 11 is 0. The summed E-state index contributed by atoms with van der Waals surface area (Å²) in [4.78, 5) is 24.8. The summed E-state index contributed by atoms with van der Waals surface area (Å²) in [5, 5.41) is 9.01. The summed E-state index contributed by atoms with van der Waals surface area (Å²) < 4.78 is 5.38. The van der Waals surface area contributed by atoms with Crippen LogP contribution in [0.4, 0.5) is 4.79 Å². The van der Waals surface area contributed by atoms with E-state index in [9.17, 15) is 9.59 Å². The van der Waals surface area contributed by atoms with Crippen molar-refractivity contribution in [2.45, 2.75) is 52.1 Å². The van der Waals surface area contributed by atoms with Crippen LogP contribution in [0.25, 0.3) is 0 Å². The molecule has 6 nitrogen and oxygen atoms in total. The van der Waals surface area contributed by atoms with Crippen molar-refractivity contribution in [3.8, 4) is 0 Å². The van der Waals surface area contributed by atoms with E-state index in [1.54, 1.807) is 4.90 Å². The van der Waals surface area contributed by atoms with Gasteiger partial charge in [0.1, 0.15) is 5.60 Å². The van der Waals surface area contributed by atoms with Gasteiger partial charge in [0, 0.05) is 19.6 Å². The number of piperidine rings is 1. The maximum absolute atomic E-state index is 12.1. The minimum absolute atomic E-state index is 0.165. The summed E-state index contributed by atoms with van der Waals surface area (Å²) in [6.07, 6.45) is 3.04. The number of nitrogens with zero attached hydrogens (tertiary/aromatic N) is 1. The van der Waals surface area contributed by atoms with Crippen LogP contribution in [-0.2, 0) is 9.53 Å². The Balaban J connectivity index is 2.45. The molecule has 1 aliphatic heterocycles. The van der Waals surface area contributed by atoms with Crippen LogP contribution in [0.3, 0.4) is 0 Å². The molecular formula is C15H28N2O4. The highest BCUT2D eigenvalue weighted by Crippen LogP contribution is 2.24. The molecule has 1 fully saturated rings. The van der Waals surface area contributed by atoms with E-state index in [0.717, 1.165) is 19.3 Å². The molecule has 0 aromatic carbocycles. The average molecular weight is 300 g/mol. The first kappa shape index (κ1) is 17.8. The Morgan fingerprint density at radius 3 is 2.62 bits per heavy atom. The van der Waals surface area contributed by atoms with E-state index in [2.05, 4.69) is 0 Å². The second-order valence-corrected chi connectivity index (χ2v) is 6.78. The quantitative estimate of drug-likeness (QED) is 0.810. The number of rotatable bonds is 5. The molecule has 122 valence electrons. The van der Waals surface area contributed by atoms with E-state index >= 15 is 0 Å². The van der Waals surface area contributed by atoms with Gasteiger partial charge in [-0.25, -0.2) is 4.79 Å². The van der Waals surface area contributed by atoms with E-state index in [4.69, 9.17) is 15.6 Å². The number of carbonyl (C=O) groups is 2. The Morgan fingerprint density at radius 1 is 1.43 bits per heavy atom. The maximum Gasteiger partial charge on any atom is 0.410 e. The summed E-state index contributed by atoms with van der Waals surface area (Å²) in [6, 6.07) is 0. The van der Waals surface area contributed by atoms with Crippen LogP contribution in [0, 0.1) is 11.8 Å². The van der Waals surface area contributed by atoms with Gasteiger partial charge in [0.15, 0.2) is 0 Å². The van der Waals surface area contributed by atoms with E-state index in [1.165, 1.54) is 0 Å². The van der Waals surface area contributed by atoms with Crippen molar-refractivity contribution >= 4 is 12.1 Å². The van der Waals surface area contributed by atoms with Gasteiger partial charge in [-0.15, -0.1) is 0 Å². The lowest BCUT2D eigenvalue weighted by molar-refractivity contribution is -0.141. The minimum Gasteiger partial charge on any atom is -0.481 e. The summed E-state index contributed by atoms with van der Waals surface area (Å²) in [6.45, 7) is 7.08. The number of aliphatic carboxylic acids is 1. The number of hydrogen-bond donors (Lipinski definition) is 2. The number of carboxylic acid groups (broad SMARTS) is 1. The predicted octanol–water partition coefficient (Wildman–Crippen LogP) is 2.07. The van der Waals surface area contributed by atoms with Crippen LogP contribution in [0.5, 0.6) is 0 Å². The van der Waals surface area contributed by atoms with E-state index in [-0.39, 0.29) is 12.6 Å². The normalized spacial score (nSPS) is 21.0. The molecule has 2 atom stereocenters. The zero-order valence-corrected chi connectivity index (χ0v) is 13.3. The van der Waals surface area contributed by atoms with Crippen LogP contribution in [0.1, 0.15) is 46.5 Å². The highest BCUT2D eigenvalue weighted by molar-refractivity contribution is 5.70. The van der Waals surface area contributed by atoms with Crippen molar-refractivity contribution in [2.75, 3.05) is 19.6 Å². The van der Waals surface area contributed by atoms with Gasteiger partial charge in [0.2, 0.25) is 0 Å². The van der Waals surface area contributed by atoms with Crippen molar-refractivity contribution < 1.29 is 19.4 Å². The Labute approximate surface area is 126 Å². The predicted molar refractivity (Wildman–Crippen MR) is 79.9 cm³/mol. The van der Waals surface area contributed by atoms with E-state index in [0.29, 0.717) is 25.4 Å². The summed E-state index contributed by atoms with van der Waals surface area (Å²) in [7, 11) is 0. The molecule has 0 saturated carbocycles. The topological polar surface area (TPSA) is 92.9 Å². The fourth-order valence-electron chi connectivity index (χ4n) is 2.57. The van der Waals surface area contributed by atoms with Crippen LogP contribution in [-0.4, -0.2) is 47.3 Å². The standard InChI is InChI=1S/C15H28N2O4/c1-15(2,3)21-14(20)17-8-4-5-11(10-17)6-7-12(9-16)13(18)19/h11-12H,4-10,16H2,1-3H3,(H,18,19). The summed E-state index contributed by atoms with van der Waals surface area (Å²) in [5.41, 5.74) is 4.98. The third-order valence-corrected chi connectivity index (χ3v) is 3.73. The van der Waals surface area contributed by atoms with Crippen molar-refractivity contribution in [3.63, 3.8) is 0 Å². The van der Waals surface area contributed by atoms with Gasteiger partial charge in [0.25, 0.3) is 0 Å². The van der Waals surface area contributed by atoms with Gasteiger partial charge in [-0.2, -0.15) is 0 Å². The number of amides is 1. The monoisotopic (exact) mass is 300 g/mol. The Kier molecular flexibility index (Phi) is 6.45. The van der Waals surface area contributed by atoms with Crippen LogP contribution < -0.4 is 5.73 Å². The lowest BCUT2D eigenvalue weighted by atomic mass is 9.90. The number of carboxylic acids is 1. The summed E-state index contributed by atoms with van der Waals surface area (Å²) in [5.74, 6) is -0.987. The first-order chi connectivity index (χ1) is 9.73. The highest BCUT2D eigenvalue weighted by Gasteiger charge is 2.28. The SMILES string of the molecule is CC(C)(C)OC(=O)N1CCCC(CCC(CN)C(=O)O)C1. The molecule has 1 amide bonds. The smallest absolute Gasteiger partial charge is 0.410 e. The molecule has 1 rings (SSSR count). The third-order valence-electron chi connectivity index (χ3n) is 3.73. The fourth-order valence-corrected chi connectivity index (χ4v) is 2.57. The number of nitrogens with two attached hydrogens (primary N) is 1. The lowest BCUT2D eigenvalue weighted by Crippen LogP contribution is -2.43. The molecule has 3 N–H and O–H groups in total. The van der Waals surface area contributed by atoms with Crippen LogP contribution >= 0.6 is 0 Å². The molecule has 1 aliphatic rings. The molecule has 2 unspecified atom stereocenters. The molecule has 21 heavy (non-hydrogen) atoms. The first-order valence-electron chi connectivity index (χ1n) is 7.63. The van der Waals surface area contributed by atoms with Crippen molar-refractivity contribution in [1.29, 1.82) is 0 Å². The maximum atomic E-state index is 12.1. The average Bonchev–Trinajstić information content (AvgIpc) is 2.37. The molecule has 0 aliphatic carbocycles. The van der Waals surface area contributed by atoms with Gasteiger partial charge in [-0.1, -0.05) is 0 Å². The second-order valence-electron chi connectivity index (χ2n) is 6.78. The Bertz CT molecular complexity index is 365. The number of hydrogen-bond acceptors (Lipinski definition) is 4. The molecule has 0 bridgehead atoms. The Morgan fingerprint density at radius 2 is 2.10 bits per heavy atom. The minimum atomic E-state index is -0.836. The second kappa shape index (κ2) is 7.64. The Hall–Kier alpha value is -1.30. The van der Waals surface area contributed by atoms with Gasteiger partial charge >= 0.3 is 12.1 Å². The largest absolute Gasteiger partial charge is 0.481 e. The van der Waals surface area contributed by atoms with Gasteiger partial charge < -0.3 is 20.5 Å². The molecule has 0 radical (unpaired) electrons. The van der Waals surface area contributed by atoms with Gasteiger partial charge in [0.05, 0.1) is 5.92 Å². The highest BCUT2D eigenvalue weighted by atomic mass is 16.6. The molecule has 6 heteroatoms. The van der Waals surface area contributed by atoms with E-state index in [1.807, 2.05) is 20.8 Å². The van der Waals surface area contributed by atoms with Crippen molar-refractivity contribution in [1.82, 2.24) is 4.90 Å². The van der Waals surface area contributed by atoms with Crippen molar-refractivity contribution in [2.24, 2.45) is 17.6 Å². The molecular weight excluding hydrogens is 272 g/mol. The molecule has 1 saturated heterocycles. The zero-order valence-electron chi connectivity index (χ0n) is 13.3. The molecule has 0 aromatic heterocycles. The fraction of sp³-hybridized carbons (Fsp3) is 0.867. The van der Waals surface area contributed by atoms with E-state index < -0.39 is 17.5 Å². The molecule has 0 spiro atoms. The zero-order chi connectivity index (χ0) is 16.0. The van der Waals surface area contributed by atoms with Crippen molar-refractivity contribution in [3.05, 3.63) is 0 Å². The van der Waals surface area contributed by atoms with Gasteiger partial charge in [-0.05, 0) is 52.4 Å². The van der Waals surface area contributed by atoms with Crippen LogP contribution in [0.2, 0.25) is 0 Å². The number of carbonyl (C=O) groups excluding carboxylic acids is 1. The molecule has 1 heterocycles. The lowest BCUT2D eigenvalue weighted by Gasteiger charge is -2.34. The third kappa shape index (κ3) is 6.33. The number of likely N-dealkylation sites (tertiary alicyclic amines) is 1. The van der Waals surface area contributed by atoms with Gasteiger partial charge in [-0.3, -0.25) is 4.79 Å². The number of ether oxygens (including phenoxy) is 1. The molecule has 0 aromatic rings. The first-order valence-corrected chi connectivity index (χ1v) is 7.63. The van der Waals surface area contributed by atoms with Crippen LogP contribution in [0.15, 0.2) is 0 Å².